The van der Waals surface area contributed by atoms with Gasteiger partial charge < -0.3 is 9.73 Å². The second-order valence-electron chi connectivity index (χ2n) is 4.65. The maximum Gasteiger partial charge on any atom is 0.104 e. The Balaban J connectivity index is 1.89. The Kier molecular flexibility index (Phi) is 2.69. The van der Waals surface area contributed by atoms with Crippen LogP contribution in [0.3, 0.4) is 0 Å². The first-order chi connectivity index (χ1) is 8.28. The number of rotatable bonds is 3. The molecule has 0 radical (unpaired) electrons. The molecule has 88 valence electrons. The summed E-state index contributed by atoms with van der Waals surface area (Å²) in [6.07, 6.45) is 2.67. The Morgan fingerprint density at radius 1 is 1.18 bits per heavy atom. The Bertz CT molecular complexity index is 485. The van der Waals surface area contributed by atoms with Crippen LogP contribution in [0.4, 0.5) is 0 Å². The van der Waals surface area contributed by atoms with Crippen LogP contribution in [0, 0.1) is 0 Å². The van der Waals surface area contributed by atoms with E-state index < -0.39 is 0 Å². The van der Waals surface area contributed by atoms with Gasteiger partial charge in [-0.15, -0.1) is 0 Å². The normalized spacial score (nSPS) is 17.7. The molecule has 1 N–H and O–H groups in total. The number of benzene rings is 1. The van der Waals surface area contributed by atoms with Gasteiger partial charge in [-0.2, -0.15) is 0 Å². The predicted octanol–water partition coefficient (Wildman–Crippen LogP) is 3.02. The van der Waals surface area contributed by atoms with E-state index in [1.165, 1.54) is 5.56 Å². The molecule has 2 nitrogen and oxygen atoms in total. The minimum absolute atomic E-state index is 0.169. The molecule has 0 atom stereocenters. The summed E-state index contributed by atoms with van der Waals surface area (Å²) in [5.41, 5.74) is 1.50. The fraction of sp³-hybridized carbons (Fsp3) is 0.286. The van der Waals surface area contributed by atoms with E-state index in [0.29, 0.717) is 0 Å². The molecule has 0 unspecified atom stereocenters. The summed E-state index contributed by atoms with van der Waals surface area (Å²) in [5, 5.41) is 4.14. The van der Waals surface area contributed by atoms with Gasteiger partial charge in [0.2, 0.25) is 0 Å². The Labute approximate surface area is 106 Å². The van der Waals surface area contributed by atoms with Gasteiger partial charge in [0.05, 0.1) is 6.26 Å². The lowest BCUT2D eigenvalue weighted by Crippen LogP contribution is -2.58. The van der Waals surface area contributed by atoms with Gasteiger partial charge in [-0.05, 0) is 29.8 Å². The van der Waals surface area contributed by atoms with E-state index in [1.54, 1.807) is 6.26 Å². The highest BCUT2D eigenvalue weighted by atomic mass is 35.5. The molecule has 1 aromatic heterocycles. The van der Waals surface area contributed by atoms with Crippen LogP contribution in [0.1, 0.15) is 11.3 Å². The molecule has 2 aromatic rings. The summed E-state index contributed by atoms with van der Waals surface area (Å²) in [7, 11) is 0. The number of halogens is 1. The minimum Gasteiger partial charge on any atom is -0.469 e. The van der Waals surface area contributed by atoms with Crippen molar-refractivity contribution in [1.82, 2.24) is 5.32 Å². The van der Waals surface area contributed by atoms with Crippen molar-refractivity contribution in [2.45, 2.75) is 11.8 Å². The maximum absolute atomic E-state index is 5.93. The van der Waals surface area contributed by atoms with E-state index >= 15 is 0 Å². The lowest BCUT2D eigenvalue weighted by atomic mass is 9.72. The summed E-state index contributed by atoms with van der Waals surface area (Å²) < 4.78 is 5.46. The van der Waals surface area contributed by atoms with Gasteiger partial charge in [-0.25, -0.2) is 0 Å². The predicted molar refractivity (Wildman–Crippen MR) is 68.4 cm³/mol. The monoisotopic (exact) mass is 247 g/mol. The molecule has 1 fully saturated rings. The Hall–Kier alpha value is -1.25. The Morgan fingerprint density at radius 3 is 2.47 bits per heavy atom. The van der Waals surface area contributed by atoms with Gasteiger partial charge >= 0.3 is 0 Å². The van der Waals surface area contributed by atoms with E-state index in [0.717, 1.165) is 30.3 Å². The molecule has 17 heavy (non-hydrogen) atoms. The van der Waals surface area contributed by atoms with Gasteiger partial charge in [-0.3, -0.25) is 0 Å². The van der Waals surface area contributed by atoms with Gasteiger partial charge in [0, 0.05) is 29.9 Å². The average molecular weight is 248 g/mol. The van der Waals surface area contributed by atoms with Crippen molar-refractivity contribution < 1.29 is 4.42 Å². The molecule has 1 aliphatic heterocycles. The second kappa shape index (κ2) is 4.21. The SMILES string of the molecule is Clc1ccc(C2(Cc3ccco3)CNC2)cc1. The van der Waals surface area contributed by atoms with Gasteiger partial charge in [0.15, 0.2) is 0 Å². The first kappa shape index (κ1) is 10.9. The fourth-order valence-electron chi connectivity index (χ4n) is 2.41. The van der Waals surface area contributed by atoms with Crippen molar-refractivity contribution in [3.05, 3.63) is 59.0 Å². The van der Waals surface area contributed by atoms with Gasteiger partial charge in [0.1, 0.15) is 5.76 Å². The summed E-state index contributed by atoms with van der Waals surface area (Å²) >= 11 is 5.93. The van der Waals surface area contributed by atoms with Crippen molar-refractivity contribution >= 4 is 11.6 Å². The van der Waals surface area contributed by atoms with Crippen molar-refractivity contribution in [3.8, 4) is 0 Å². The lowest BCUT2D eigenvalue weighted by Gasteiger charge is -2.43. The molecule has 1 aliphatic rings. The number of furan rings is 1. The number of hydrogen-bond acceptors (Lipinski definition) is 2. The first-order valence-electron chi connectivity index (χ1n) is 5.78. The van der Waals surface area contributed by atoms with Crippen LogP contribution in [-0.4, -0.2) is 13.1 Å². The summed E-state index contributed by atoms with van der Waals surface area (Å²) in [6.45, 7) is 1.99. The molecule has 0 aliphatic carbocycles. The molecule has 2 heterocycles. The zero-order valence-electron chi connectivity index (χ0n) is 9.45. The second-order valence-corrected chi connectivity index (χ2v) is 5.08. The van der Waals surface area contributed by atoms with Crippen LogP contribution in [-0.2, 0) is 11.8 Å². The van der Waals surface area contributed by atoms with Crippen LogP contribution in [0.5, 0.6) is 0 Å². The zero-order chi connectivity index (χ0) is 11.7. The summed E-state index contributed by atoms with van der Waals surface area (Å²) in [5.74, 6) is 1.04. The van der Waals surface area contributed by atoms with E-state index in [1.807, 2.05) is 24.3 Å². The van der Waals surface area contributed by atoms with Crippen molar-refractivity contribution in [2.75, 3.05) is 13.1 Å². The van der Waals surface area contributed by atoms with Crippen molar-refractivity contribution in [2.24, 2.45) is 0 Å². The third-order valence-electron chi connectivity index (χ3n) is 3.48. The summed E-state index contributed by atoms with van der Waals surface area (Å²) in [4.78, 5) is 0. The van der Waals surface area contributed by atoms with E-state index in [9.17, 15) is 0 Å². The standard InChI is InChI=1S/C14H14ClNO/c15-12-5-3-11(4-6-12)14(9-16-10-14)8-13-2-1-7-17-13/h1-7,16H,8-10H2. The number of hydrogen-bond donors (Lipinski definition) is 1. The average Bonchev–Trinajstić information content (AvgIpc) is 2.77. The zero-order valence-corrected chi connectivity index (χ0v) is 10.2. The molecule has 0 amide bonds. The topological polar surface area (TPSA) is 25.2 Å². The third-order valence-corrected chi connectivity index (χ3v) is 3.73. The van der Waals surface area contributed by atoms with E-state index in [2.05, 4.69) is 17.4 Å². The van der Waals surface area contributed by atoms with Crippen LogP contribution in [0.15, 0.2) is 47.1 Å². The molecule has 1 aromatic carbocycles. The Morgan fingerprint density at radius 2 is 1.94 bits per heavy atom. The molecule has 1 saturated heterocycles. The fourth-order valence-corrected chi connectivity index (χ4v) is 2.53. The highest BCUT2D eigenvalue weighted by Crippen LogP contribution is 2.33. The minimum atomic E-state index is 0.169. The van der Waals surface area contributed by atoms with Crippen LogP contribution in [0.2, 0.25) is 5.02 Å². The third kappa shape index (κ3) is 1.99. The molecule has 0 spiro atoms. The van der Waals surface area contributed by atoms with Crippen LogP contribution in [0.25, 0.3) is 0 Å². The number of nitrogens with one attached hydrogen (secondary N) is 1. The molecular weight excluding hydrogens is 234 g/mol. The largest absolute Gasteiger partial charge is 0.469 e. The van der Waals surface area contributed by atoms with Gasteiger partial charge in [-0.1, -0.05) is 23.7 Å². The quantitative estimate of drug-likeness (QED) is 0.902. The highest BCUT2D eigenvalue weighted by Gasteiger charge is 2.39. The van der Waals surface area contributed by atoms with Crippen molar-refractivity contribution in [1.29, 1.82) is 0 Å². The van der Waals surface area contributed by atoms with Crippen molar-refractivity contribution in [3.63, 3.8) is 0 Å². The highest BCUT2D eigenvalue weighted by molar-refractivity contribution is 6.30. The lowest BCUT2D eigenvalue weighted by molar-refractivity contribution is 0.258. The van der Waals surface area contributed by atoms with Crippen LogP contribution < -0.4 is 5.32 Å². The van der Waals surface area contributed by atoms with E-state index in [4.69, 9.17) is 16.0 Å². The van der Waals surface area contributed by atoms with Gasteiger partial charge in [0.25, 0.3) is 0 Å². The molecule has 0 bridgehead atoms. The van der Waals surface area contributed by atoms with E-state index in [-0.39, 0.29) is 5.41 Å². The van der Waals surface area contributed by atoms with Crippen LogP contribution >= 0.6 is 11.6 Å². The smallest absolute Gasteiger partial charge is 0.104 e. The maximum atomic E-state index is 5.93. The summed E-state index contributed by atoms with van der Waals surface area (Å²) in [6, 6.07) is 12.1. The molecule has 3 rings (SSSR count). The molecule has 0 saturated carbocycles. The first-order valence-corrected chi connectivity index (χ1v) is 6.15. The molecular formula is C14H14ClNO. The molecule has 3 heteroatoms.